The van der Waals surface area contributed by atoms with Crippen molar-refractivity contribution >= 4 is 22.9 Å². The molecule has 0 saturated carbocycles. The first-order chi connectivity index (χ1) is 13.1. The van der Waals surface area contributed by atoms with Gasteiger partial charge in [-0.1, -0.05) is 30.3 Å². The van der Waals surface area contributed by atoms with Gasteiger partial charge in [0.05, 0.1) is 11.9 Å². The molecule has 2 aromatic heterocycles. The Morgan fingerprint density at radius 2 is 1.74 bits per heavy atom. The molecule has 0 fully saturated rings. The van der Waals surface area contributed by atoms with Gasteiger partial charge in [0.15, 0.2) is 5.65 Å². The monoisotopic (exact) mass is 357 g/mol. The van der Waals surface area contributed by atoms with Crippen LogP contribution in [0.25, 0.3) is 16.9 Å². The Bertz CT molecular complexity index is 1080. The van der Waals surface area contributed by atoms with E-state index in [1.165, 1.54) is 0 Å². The third-order valence-electron chi connectivity index (χ3n) is 4.36. The van der Waals surface area contributed by atoms with Crippen LogP contribution in [0.4, 0.5) is 11.4 Å². The topological polar surface area (TPSA) is 62.5 Å². The summed E-state index contributed by atoms with van der Waals surface area (Å²) >= 11 is 0. The second-order valence-corrected chi connectivity index (χ2v) is 6.39. The number of fused-ring (bicyclic) bond motifs is 1. The smallest absolute Gasteiger partial charge is 0.261 e. The van der Waals surface area contributed by atoms with Crippen LogP contribution in [0.1, 0.15) is 10.4 Å². The van der Waals surface area contributed by atoms with Gasteiger partial charge in [0.2, 0.25) is 0 Å². The van der Waals surface area contributed by atoms with E-state index < -0.39 is 0 Å². The summed E-state index contributed by atoms with van der Waals surface area (Å²) in [6.07, 6.45) is 3.25. The van der Waals surface area contributed by atoms with Crippen LogP contribution in [0.3, 0.4) is 0 Å². The number of benzene rings is 2. The number of carbonyl (C=O) groups excluding carboxylic acids is 1. The highest BCUT2D eigenvalue weighted by atomic mass is 16.1. The van der Waals surface area contributed by atoms with Gasteiger partial charge >= 0.3 is 0 Å². The van der Waals surface area contributed by atoms with E-state index >= 15 is 0 Å². The van der Waals surface area contributed by atoms with Gasteiger partial charge in [-0.05, 0) is 30.3 Å². The zero-order valence-corrected chi connectivity index (χ0v) is 15.1. The number of hydrogen-bond donors (Lipinski definition) is 1. The van der Waals surface area contributed by atoms with E-state index in [0.717, 1.165) is 22.6 Å². The lowest BCUT2D eigenvalue weighted by Gasteiger charge is -2.12. The predicted molar refractivity (Wildman–Crippen MR) is 107 cm³/mol. The van der Waals surface area contributed by atoms with Crippen molar-refractivity contribution in [1.29, 1.82) is 0 Å². The van der Waals surface area contributed by atoms with Crippen LogP contribution in [0.5, 0.6) is 0 Å². The van der Waals surface area contributed by atoms with Crippen LogP contribution in [0.15, 0.2) is 73.1 Å². The van der Waals surface area contributed by atoms with Crippen molar-refractivity contribution in [3.63, 3.8) is 0 Å². The van der Waals surface area contributed by atoms with Crippen molar-refractivity contribution in [3.8, 4) is 11.3 Å². The number of amides is 1. The van der Waals surface area contributed by atoms with Crippen molar-refractivity contribution in [2.45, 2.75) is 0 Å². The molecule has 0 aliphatic heterocycles. The average molecular weight is 357 g/mol. The molecule has 27 heavy (non-hydrogen) atoms. The highest BCUT2D eigenvalue weighted by Gasteiger charge is 2.16. The van der Waals surface area contributed by atoms with Gasteiger partial charge in [-0.25, -0.2) is 9.50 Å². The fourth-order valence-electron chi connectivity index (χ4n) is 2.92. The lowest BCUT2D eigenvalue weighted by molar-refractivity contribution is 0.102. The molecule has 0 bridgehead atoms. The van der Waals surface area contributed by atoms with Crippen LogP contribution in [0, 0.1) is 0 Å². The largest absolute Gasteiger partial charge is 0.378 e. The summed E-state index contributed by atoms with van der Waals surface area (Å²) < 4.78 is 1.69. The maximum absolute atomic E-state index is 12.7. The first-order valence-electron chi connectivity index (χ1n) is 8.60. The number of hydrogen-bond acceptors (Lipinski definition) is 4. The molecule has 0 unspecified atom stereocenters. The Hall–Kier alpha value is -3.67. The van der Waals surface area contributed by atoms with Gasteiger partial charge in [0, 0.05) is 37.2 Å². The first kappa shape index (κ1) is 16.8. The summed E-state index contributed by atoms with van der Waals surface area (Å²) in [5.41, 5.74) is 4.65. The second-order valence-electron chi connectivity index (χ2n) is 6.39. The van der Waals surface area contributed by atoms with Gasteiger partial charge in [-0.2, -0.15) is 5.10 Å². The van der Waals surface area contributed by atoms with E-state index in [0.29, 0.717) is 11.2 Å². The number of anilines is 2. The summed E-state index contributed by atoms with van der Waals surface area (Å²) in [7, 11) is 3.95. The van der Waals surface area contributed by atoms with E-state index in [1.54, 1.807) is 16.9 Å². The molecule has 2 heterocycles. The fraction of sp³-hybridized carbons (Fsp3) is 0.0952. The van der Waals surface area contributed by atoms with Gasteiger partial charge < -0.3 is 10.2 Å². The second kappa shape index (κ2) is 6.92. The molecule has 4 rings (SSSR count). The Labute approximate surface area is 157 Å². The number of nitrogens with one attached hydrogen (secondary N) is 1. The summed E-state index contributed by atoms with van der Waals surface area (Å²) in [5.74, 6) is -0.236. The molecule has 4 aromatic rings. The van der Waals surface area contributed by atoms with Crippen molar-refractivity contribution < 1.29 is 4.79 Å². The molecule has 0 aliphatic carbocycles. The van der Waals surface area contributed by atoms with Crippen LogP contribution in [-0.4, -0.2) is 34.6 Å². The molecule has 0 atom stereocenters. The lowest BCUT2D eigenvalue weighted by atomic mass is 10.1. The Kier molecular flexibility index (Phi) is 4.30. The molecule has 0 spiro atoms. The molecular weight excluding hydrogens is 338 g/mol. The maximum atomic E-state index is 12.7. The zero-order chi connectivity index (χ0) is 18.8. The normalized spacial score (nSPS) is 10.7. The standard InChI is InChI=1S/C21H19N5O/c1-25(2)17-10-8-16(9-11-17)24-21(27)18-14-23-26-19(12-13-22-20(18)26)15-6-4-3-5-7-15/h3-14H,1-2H3,(H,24,27). The Morgan fingerprint density at radius 1 is 1.00 bits per heavy atom. The van der Waals surface area contributed by atoms with Crippen LogP contribution >= 0.6 is 0 Å². The molecule has 134 valence electrons. The highest BCUT2D eigenvalue weighted by Crippen LogP contribution is 2.22. The van der Waals surface area contributed by atoms with Crippen molar-refractivity contribution in [3.05, 3.63) is 78.6 Å². The number of nitrogens with zero attached hydrogens (tertiary/aromatic N) is 4. The Balaban J connectivity index is 1.65. The molecule has 1 amide bonds. The fourth-order valence-corrected chi connectivity index (χ4v) is 2.92. The van der Waals surface area contributed by atoms with Gasteiger partial charge in [-0.3, -0.25) is 4.79 Å². The number of aromatic nitrogens is 3. The van der Waals surface area contributed by atoms with Crippen LogP contribution in [-0.2, 0) is 0 Å². The minimum Gasteiger partial charge on any atom is -0.378 e. The maximum Gasteiger partial charge on any atom is 0.261 e. The predicted octanol–water partition coefficient (Wildman–Crippen LogP) is 3.71. The quantitative estimate of drug-likeness (QED) is 0.605. The van der Waals surface area contributed by atoms with E-state index in [-0.39, 0.29) is 5.91 Å². The van der Waals surface area contributed by atoms with E-state index in [9.17, 15) is 4.79 Å². The van der Waals surface area contributed by atoms with Gasteiger partial charge in [-0.15, -0.1) is 0 Å². The number of rotatable bonds is 4. The van der Waals surface area contributed by atoms with Crippen molar-refractivity contribution in [1.82, 2.24) is 14.6 Å². The molecule has 0 radical (unpaired) electrons. The molecule has 6 nitrogen and oxygen atoms in total. The third kappa shape index (κ3) is 3.25. The zero-order valence-electron chi connectivity index (χ0n) is 15.1. The molecule has 2 aromatic carbocycles. The van der Waals surface area contributed by atoms with Crippen molar-refractivity contribution in [2.75, 3.05) is 24.3 Å². The number of carbonyl (C=O) groups is 1. The highest BCUT2D eigenvalue weighted by molar-refractivity contribution is 6.08. The molecule has 6 heteroatoms. The molecule has 1 N–H and O–H groups in total. The molecule has 0 saturated heterocycles. The summed E-state index contributed by atoms with van der Waals surface area (Å²) in [6.45, 7) is 0. The molecular formula is C21H19N5O. The SMILES string of the molecule is CN(C)c1ccc(NC(=O)c2cnn3c(-c4ccccc4)ccnc23)cc1. The van der Waals surface area contributed by atoms with E-state index in [2.05, 4.69) is 15.4 Å². The Morgan fingerprint density at radius 3 is 2.44 bits per heavy atom. The third-order valence-corrected chi connectivity index (χ3v) is 4.36. The first-order valence-corrected chi connectivity index (χ1v) is 8.60. The summed E-state index contributed by atoms with van der Waals surface area (Å²) in [6, 6.07) is 19.5. The summed E-state index contributed by atoms with van der Waals surface area (Å²) in [5, 5.41) is 7.29. The van der Waals surface area contributed by atoms with Crippen LogP contribution in [0.2, 0.25) is 0 Å². The lowest BCUT2D eigenvalue weighted by Crippen LogP contribution is -2.13. The van der Waals surface area contributed by atoms with Crippen molar-refractivity contribution in [2.24, 2.45) is 0 Å². The minimum absolute atomic E-state index is 0.236. The van der Waals surface area contributed by atoms with Crippen LogP contribution < -0.4 is 10.2 Å². The van der Waals surface area contributed by atoms with Gasteiger partial charge in [0.25, 0.3) is 5.91 Å². The average Bonchev–Trinajstić information content (AvgIpc) is 3.13. The van der Waals surface area contributed by atoms with E-state index in [1.807, 2.05) is 79.7 Å². The van der Waals surface area contributed by atoms with E-state index in [4.69, 9.17) is 0 Å². The minimum atomic E-state index is -0.236. The summed E-state index contributed by atoms with van der Waals surface area (Å²) in [4.78, 5) is 19.1. The van der Waals surface area contributed by atoms with Gasteiger partial charge in [0.1, 0.15) is 5.56 Å². The molecule has 0 aliphatic rings.